The average molecular weight is 361 g/mol. The first kappa shape index (κ1) is 18.8. The van der Waals surface area contributed by atoms with Gasteiger partial charge >= 0.3 is 0 Å². The normalized spacial score (nSPS) is 20.7. The maximum atomic E-state index is 12.3. The number of ether oxygens (including phenoxy) is 2. The fourth-order valence-electron chi connectivity index (χ4n) is 3.17. The van der Waals surface area contributed by atoms with Gasteiger partial charge in [0.1, 0.15) is 0 Å². The van der Waals surface area contributed by atoms with E-state index in [1.165, 1.54) is 0 Å². The number of amides is 2. The maximum absolute atomic E-state index is 12.3. The summed E-state index contributed by atoms with van der Waals surface area (Å²) in [5, 5.41) is 5.80. The van der Waals surface area contributed by atoms with Crippen molar-refractivity contribution in [2.24, 2.45) is 0 Å². The summed E-state index contributed by atoms with van der Waals surface area (Å²) in [4.78, 5) is 26.9. The van der Waals surface area contributed by atoms with Crippen LogP contribution in [0.3, 0.4) is 0 Å². The first-order valence-electron chi connectivity index (χ1n) is 9.30. The van der Waals surface area contributed by atoms with Gasteiger partial charge in [-0.05, 0) is 31.0 Å². The van der Waals surface area contributed by atoms with Gasteiger partial charge in [0.2, 0.25) is 0 Å². The molecule has 1 unspecified atom stereocenters. The lowest BCUT2D eigenvalue weighted by Gasteiger charge is -2.26. The van der Waals surface area contributed by atoms with Crippen molar-refractivity contribution >= 4 is 11.8 Å². The Morgan fingerprint density at radius 2 is 1.81 bits per heavy atom. The van der Waals surface area contributed by atoms with E-state index < -0.39 is 0 Å². The standard InChI is InChI=1S/C19H27N3O4/c23-18(20-6-7-22-8-11-25-12-9-22)15-3-1-4-16(13-15)19(24)21-14-17-5-2-10-26-17/h1,3-4,13,17H,2,5-12,14H2,(H,20,23)(H,21,24). The van der Waals surface area contributed by atoms with Crippen molar-refractivity contribution in [3.63, 3.8) is 0 Å². The van der Waals surface area contributed by atoms with E-state index in [-0.39, 0.29) is 17.9 Å². The van der Waals surface area contributed by atoms with Gasteiger partial charge < -0.3 is 20.1 Å². The first-order chi connectivity index (χ1) is 12.7. The van der Waals surface area contributed by atoms with E-state index in [0.29, 0.717) is 24.2 Å². The molecule has 2 fully saturated rings. The van der Waals surface area contributed by atoms with Gasteiger partial charge in [-0.25, -0.2) is 0 Å². The van der Waals surface area contributed by atoms with Crippen molar-refractivity contribution in [1.82, 2.24) is 15.5 Å². The van der Waals surface area contributed by atoms with Crippen LogP contribution >= 0.6 is 0 Å². The molecule has 1 aromatic carbocycles. The van der Waals surface area contributed by atoms with Crippen molar-refractivity contribution in [1.29, 1.82) is 0 Å². The van der Waals surface area contributed by atoms with Gasteiger partial charge in [0, 0.05) is 50.5 Å². The Hall–Kier alpha value is -1.96. The molecule has 0 aromatic heterocycles. The van der Waals surface area contributed by atoms with Gasteiger partial charge in [0.15, 0.2) is 0 Å². The number of carbonyl (C=O) groups excluding carboxylic acids is 2. The topological polar surface area (TPSA) is 79.9 Å². The van der Waals surface area contributed by atoms with Crippen LogP contribution in [0, 0.1) is 0 Å². The largest absolute Gasteiger partial charge is 0.379 e. The fourth-order valence-corrected chi connectivity index (χ4v) is 3.17. The minimum absolute atomic E-state index is 0.102. The van der Waals surface area contributed by atoms with Crippen LogP contribution < -0.4 is 10.6 Å². The number of rotatable bonds is 7. The zero-order chi connectivity index (χ0) is 18.2. The van der Waals surface area contributed by atoms with E-state index >= 15 is 0 Å². The number of hydrogen-bond donors (Lipinski definition) is 2. The molecule has 142 valence electrons. The maximum Gasteiger partial charge on any atom is 0.251 e. The Kier molecular flexibility index (Phi) is 6.99. The average Bonchev–Trinajstić information content (AvgIpc) is 3.20. The molecule has 0 spiro atoms. The first-order valence-corrected chi connectivity index (χ1v) is 9.30. The quantitative estimate of drug-likeness (QED) is 0.746. The summed E-state index contributed by atoms with van der Waals surface area (Å²) in [5.41, 5.74) is 0.987. The monoisotopic (exact) mass is 361 g/mol. The van der Waals surface area contributed by atoms with Gasteiger partial charge in [-0.15, -0.1) is 0 Å². The molecule has 0 radical (unpaired) electrons. The molecular formula is C19H27N3O4. The van der Waals surface area contributed by atoms with Crippen molar-refractivity contribution in [3.8, 4) is 0 Å². The summed E-state index contributed by atoms with van der Waals surface area (Å²) in [5.74, 6) is -0.337. The number of nitrogens with zero attached hydrogens (tertiary/aromatic N) is 1. The molecule has 0 bridgehead atoms. The van der Waals surface area contributed by atoms with Gasteiger partial charge in [-0.3, -0.25) is 14.5 Å². The number of carbonyl (C=O) groups is 2. The molecule has 2 aliphatic rings. The minimum atomic E-state index is -0.177. The molecule has 26 heavy (non-hydrogen) atoms. The zero-order valence-electron chi connectivity index (χ0n) is 15.0. The summed E-state index contributed by atoms with van der Waals surface area (Å²) in [6.07, 6.45) is 2.12. The number of nitrogens with one attached hydrogen (secondary N) is 2. The fraction of sp³-hybridized carbons (Fsp3) is 0.579. The number of hydrogen-bond acceptors (Lipinski definition) is 5. The van der Waals surface area contributed by atoms with Crippen LogP contribution in [0.1, 0.15) is 33.6 Å². The third-order valence-corrected chi connectivity index (χ3v) is 4.72. The molecule has 2 heterocycles. The summed E-state index contributed by atoms with van der Waals surface area (Å²) >= 11 is 0. The van der Waals surface area contributed by atoms with Crippen molar-refractivity contribution in [3.05, 3.63) is 35.4 Å². The Labute approximate surface area is 154 Å². The van der Waals surface area contributed by atoms with Crippen molar-refractivity contribution in [2.75, 3.05) is 52.5 Å². The smallest absolute Gasteiger partial charge is 0.251 e. The zero-order valence-corrected chi connectivity index (χ0v) is 15.0. The van der Waals surface area contributed by atoms with Crippen LogP contribution in [-0.2, 0) is 9.47 Å². The van der Waals surface area contributed by atoms with Crippen LogP contribution in [0.4, 0.5) is 0 Å². The number of benzene rings is 1. The molecule has 2 N–H and O–H groups in total. The highest BCUT2D eigenvalue weighted by Gasteiger charge is 2.17. The Bertz CT molecular complexity index is 611. The van der Waals surface area contributed by atoms with Crippen LogP contribution in [-0.4, -0.2) is 75.4 Å². The molecule has 0 saturated carbocycles. The highest BCUT2D eigenvalue weighted by molar-refractivity contribution is 5.99. The van der Waals surface area contributed by atoms with Gasteiger partial charge in [-0.2, -0.15) is 0 Å². The number of morpholine rings is 1. The predicted octanol–water partition coefficient (Wildman–Crippen LogP) is 0.657. The summed E-state index contributed by atoms with van der Waals surface area (Å²) in [6.45, 7) is 5.95. The van der Waals surface area contributed by atoms with Crippen molar-refractivity contribution in [2.45, 2.75) is 18.9 Å². The molecule has 3 rings (SSSR count). The molecule has 1 atom stereocenters. The molecular weight excluding hydrogens is 334 g/mol. The van der Waals surface area contributed by atoms with Crippen molar-refractivity contribution < 1.29 is 19.1 Å². The van der Waals surface area contributed by atoms with Gasteiger partial charge in [0.05, 0.1) is 19.3 Å². The molecule has 2 aliphatic heterocycles. The van der Waals surface area contributed by atoms with Crippen LogP contribution in [0.25, 0.3) is 0 Å². The summed E-state index contributed by atoms with van der Waals surface area (Å²) < 4.78 is 10.8. The van der Waals surface area contributed by atoms with E-state index in [4.69, 9.17) is 9.47 Å². The van der Waals surface area contributed by atoms with E-state index in [0.717, 1.165) is 52.3 Å². The van der Waals surface area contributed by atoms with E-state index in [9.17, 15) is 9.59 Å². The molecule has 7 heteroatoms. The third kappa shape index (κ3) is 5.52. The van der Waals surface area contributed by atoms with E-state index in [1.807, 2.05) is 0 Å². The molecule has 2 saturated heterocycles. The Morgan fingerprint density at radius 3 is 2.50 bits per heavy atom. The summed E-state index contributed by atoms with van der Waals surface area (Å²) in [7, 11) is 0. The lowest BCUT2D eigenvalue weighted by atomic mass is 10.1. The second kappa shape index (κ2) is 9.66. The lowest BCUT2D eigenvalue weighted by molar-refractivity contribution is 0.0383. The van der Waals surface area contributed by atoms with Gasteiger partial charge in [-0.1, -0.05) is 6.07 Å². The second-order valence-corrected chi connectivity index (χ2v) is 6.64. The van der Waals surface area contributed by atoms with E-state index in [2.05, 4.69) is 15.5 Å². The molecule has 2 amide bonds. The van der Waals surface area contributed by atoms with Crippen LogP contribution in [0.15, 0.2) is 24.3 Å². The molecule has 1 aromatic rings. The van der Waals surface area contributed by atoms with E-state index in [1.54, 1.807) is 24.3 Å². The molecule has 0 aliphatic carbocycles. The Balaban J connectivity index is 1.45. The Morgan fingerprint density at radius 1 is 1.08 bits per heavy atom. The highest BCUT2D eigenvalue weighted by Crippen LogP contribution is 2.11. The highest BCUT2D eigenvalue weighted by atomic mass is 16.5. The van der Waals surface area contributed by atoms with Gasteiger partial charge in [0.25, 0.3) is 11.8 Å². The van der Waals surface area contributed by atoms with Crippen LogP contribution in [0.2, 0.25) is 0 Å². The molecule has 7 nitrogen and oxygen atoms in total. The predicted molar refractivity (Wildman–Crippen MR) is 97.3 cm³/mol. The second-order valence-electron chi connectivity index (χ2n) is 6.64. The third-order valence-electron chi connectivity index (χ3n) is 4.72. The lowest BCUT2D eigenvalue weighted by Crippen LogP contribution is -2.41. The minimum Gasteiger partial charge on any atom is -0.379 e. The van der Waals surface area contributed by atoms with Crippen LogP contribution in [0.5, 0.6) is 0 Å². The SMILES string of the molecule is O=C(NCCN1CCOCC1)c1cccc(C(=O)NCC2CCCO2)c1. The summed E-state index contributed by atoms with van der Waals surface area (Å²) in [6, 6.07) is 6.81.